The van der Waals surface area contributed by atoms with E-state index in [1.54, 1.807) is 0 Å². The molecule has 1 aromatic rings. The quantitative estimate of drug-likeness (QED) is 0.796. The number of nitrogens with zero attached hydrogens (tertiary/aromatic N) is 3. The van der Waals surface area contributed by atoms with Gasteiger partial charge in [0.15, 0.2) is 0 Å². The van der Waals surface area contributed by atoms with Crippen molar-refractivity contribution in [3.05, 3.63) is 17.5 Å². The first-order valence-electron chi connectivity index (χ1n) is 7.87. The molecule has 1 N–H and O–H groups in total. The van der Waals surface area contributed by atoms with Crippen molar-refractivity contribution in [3.8, 4) is 0 Å². The van der Waals surface area contributed by atoms with Crippen LogP contribution in [0.1, 0.15) is 51.9 Å². The number of likely N-dealkylation sites (N-methyl/N-ethyl adjacent to an activating group) is 1. The normalized spacial score (nSPS) is 14.0. The van der Waals surface area contributed by atoms with Crippen LogP contribution in [0.3, 0.4) is 0 Å². The summed E-state index contributed by atoms with van der Waals surface area (Å²) in [6, 6.07) is 2.07. The molecule has 1 heterocycles. The minimum absolute atomic E-state index is 0.137. The number of aliphatic hydroxyl groups is 1. The second-order valence-corrected chi connectivity index (χ2v) is 5.60. The number of hydrogen-bond donors (Lipinski definition) is 1. The lowest BCUT2D eigenvalue weighted by Gasteiger charge is -2.45. The van der Waals surface area contributed by atoms with E-state index in [0.29, 0.717) is 6.42 Å². The number of rotatable bonds is 8. The van der Waals surface area contributed by atoms with Crippen LogP contribution >= 0.6 is 0 Å². The van der Waals surface area contributed by atoms with E-state index in [2.05, 4.69) is 43.8 Å². The van der Waals surface area contributed by atoms with Crippen LogP contribution in [0.15, 0.2) is 6.07 Å². The van der Waals surface area contributed by atoms with Gasteiger partial charge in [-0.1, -0.05) is 27.7 Å². The SMILES string of the molecule is CCN(CC)C(CC)(CC)C(O)Cc1cc(C)nn1C. The molecule has 0 amide bonds. The minimum Gasteiger partial charge on any atom is -0.391 e. The maximum atomic E-state index is 10.9. The average molecular weight is 281 g/mol. The van der Waals surface area contributed by atoms with Gasteiger partial charge in [0.1, 0.15) is 0 Å². The molecule has 4 nitrogen and oxygen atoms in total. The molecule has 0 bridgehead atoms. The fourth-order valence-electron chi connectivity index (χ4n) is 3.48. The van der Waals surface area contributed by atoms with Crippen molar-refractivity contribution in [2.24, 2.45) is 7.05 Å². The number of hydrogen-bond acceptors (Lipinski definition) is 3. The summed E-state index contributed by atoms with van der Waals surface area (Å²) in [5, 5.41) is 15.3. The first kappa shape index (κ1) is 17.2. The Morgan fingerprint density at radius 3 is 2.15 bits per heavy atom. The molecule has 0 saturated heterocycles. The molecule has 4 heteroatoms. The second kappa shape index (κ2) is 7.23. The number of aromatic nitrogens is 2. The monoisotopic (exact) mass is 281 g/mol. The Balaban J connectivity index is 2.99. The van der Waals surface area contributed by atoms with Gasteiger partial charge in [-0.3, -0.25) is 9.58 Å². The highest BCUT2D eigenvalue weighted by Gasteiger charge is 2.39. The zero-order chi connectivity index (χ0) is 15.3. The predicted octanol–water partition coefficient (Wildman–Crippen LogP) is 2.53. The van der Waals surface area contributed by atoms with Crippen LogP contribution in [0.25, 0.3) is 0 Å². The predicted molar refractivity (Wildman–Crippen MR) is 83.9 cm³/mol. The maximum Gasteiger partial charge on any atom is 0.0778 e. The molecule has 0 radical (unpaired) electrons. The summed E-state index contributed by atoms with van der Waals surface area (Å²) in [4.78, 5) is 2.40. The lowest BCUT2D eigenvalue weighted by Crippen LogP contribution is -2.56. The average Bonchev–Trinajstić information content (AvgIpc) is 2.74. The van der Waals surface area contributed by atoms with E-state index in [9.17, 15) is 5.11 Å². The standard InChI is InChI=1S/C16H31N3O/c1-7-16(8-2,19(9-3)10-4)15(20)12-14-11-13(5)17-18(14)6/h11,15,20H,7-10,12H2,1-6H3. The second-order valence-electron chi connectivity index (χ2n) is 5.60. The highest BCUT2D eigenvalue weighted by Crippen LogP contribution is 2.30. The van der Waals surface area contributed by atoms with Crippen molar-refractivity contribution in [2.45, 2.75) is 65.5 Å². The highest BCUT2D eigenvalue weighted by atomic mass is 16.3. The summed E-state index contributed by atoms with van der Waals surface area (Å²) in [6.45, 7) is 12.6. The topological polar surface area (TPSA) is 41.3 Å². The molecular formula is C16H31N3O. The van der Waals surface area contributed by atoms with E-state index >= 15 is 0 Å². The summed E-state index contributed by atoms with van der Waals surface area (Å²) in [6.07, 6.45) is 2.22. The third kappa shape index (κ3) is 3.23. The Morgan fingerprint density at radius 2 is 1.80 bits per heavy atom. The maximum absolute atomic E-state index is 10.9. The summed E-state index contributed by atoms with van der Waals surface area (Å²) in [5.74, 6) is 0. The van der Waals surface area contributed by atoms with Gasteiger partial charge in [-0.25, -0.2) is 0 Å². The van der Waals surface area contributed by atoms with Gasteiger partial charge in [-0.05, 0) is 38.9 Å². The van der Waals surface area contributed by atoms with E-state index in [0.717, 1.165) is 37.3 Å². The number of aliphatic hydroxyl groups excluding tert-OH is 1. The first-order chi connectivity index (χ1) is 9.44. The first-order valence-corrected chi connectivity index (χ1v) is 7.87. The van der Waals surface area contributed by atoms with Gasteiger partial charge >= 0.3 is 0 Å². The van der Waals surface area contributed by atoms with E-state index in [1.165, 1.54) is 0 Å². The summed E-state index contributed by atoms with van der Waals surface area (Å²) < 4.78 is 1.89. The highest BCUT2D eigenvalue weighted by molar-refractivity contribution is 5.12. The summed E-state index contributed by atoms with van der Waals surface area (Å²) in [5.41, 5.74) is 1.98. The van der Waals surface area contributed by atoms with Gasteiger partial charge in [-0.2, -0.15) is 5.10 Å². The van der Waals surface area contributed by atoms with Crippen LogP contribution in [0.5, 0.6) is 0 Å². The third-order valence-electron chi connectivity index (χ3n) is 4.74. The van der Waals surface area contributed by atoms with Gasteiger partial charge in [0, 0.05) is 24.7 Å². The molecule has 1 rings (SSSR count). The smallest absolute Gasteiger partial charge is 0.0778 e. The molecule has 0 aliphatic rings. The van der Waals surface area contributed by atoms with Crippen LogP contribution < -0.4 is 0 Å². The van der Waals surface area contributed by atoms with Gasteiger partial charge in [-0.15, -0.1) is 0 Å². The van der Waals surface area contributed by atoms with E-state index < -0.39 is 0 Å². The van der Waals surface area contributed by atoms with Gasteiger partial charge < -0.3 is 5.11 Å². The Hall–Kier alpha value is -0.870. The van der Waals surface area contributed by atoms with E-state index in [-0.39, 0.29) is 11.6 Å². The zero-order valence-electron chi connectivity index (χ0n) is 14.0. The zero-order valence-corrected chi connectivity index (χ0v) is 14.0. The third-order valence-corrected chi connectivity index (χ3v) is 4.74. The summed E-state index contributed by atoms with van der Waals surface area (Å²) in [7, 11) is 1.95. The molecule has 20 heavy (non-hydrogen) atoms. The van der Waals surface area contributed by atoms with Gasteiger partial charge in [0.05, 0.1) is 11.8 Å². The molecule has 1 unspecified atom stereocenters. The molecule has 0 aliphatic carbocycles. The van der Waals surface area contributed by atoms with Crippen LogP contribution in [-0.4, -0.2) is 44.5 Å². The van der Waals surface area contributed by atoms with Crippen molar-refractivity contribution in [1.29, 1.82) is 0 Å². The molecule has 116 valence electrons. The molecule has 0 saturated carbocycles. The van der Waals surface area contributed by atoms with Gasteiger partial charge in [0.2, 0.25) is 0 Å². The Bertz CT molecular complexity index is 406. The Kier molecular flexibility index (Phi) is 6.21. The number of aryl methyl sites for hydroxylation is 2. The summed E-state index contributed by atoms with van der Waals surface area (Å²) >= 11 is 0. The van der Waals surface area contributed by atoms with E-state index in [4.69, 9.17) is 0 Å². The van der Waals surface area contributed by atoms with E-state index in [1.807, 2.05) is 18.7 Å². The van der Waals surface area contributed by atoms with Crippen LogP contribution in [-0.2, 0) is 13.5 Å². The molecular weight excluding hydrogens is 250 g/mol. The largest absolute Gasteiger partial charge is 0.391 e. The fraction of sp³-hybridized carbons (Fsp3) is 0.812. The van der Waals surface area contributed by atoms with Crippen molar-refractivity contribution in [2.75, 3.05) is 13.1 Å². The van der Waals surface area contributed by atoms with Crippen LogP contribution in [0.2, 0.25) is 0 Å². The van der Waals surface area contributed by atoms with Crippen molar-refractivity contribution < 1.29 is 5.11 Å². The molecule has 0 spiro atoms. The molecule has 0 aromatic carbocycles. The minimum atomic E-state index is -0.368. The molecule has 1 aromatic heterocycles. The fourth-order valence-corrected chi connectivity index (χ4v) is 3.48. The molecule has 1 atom stereocenters. The van der Waals surface area contributed by atoms with Crippen molar-refractivity contribution >= 4 is 0 Å². The van der Waals surface area contributed by atoms with Crippen LogP contribution in [0, 0.1) is 6.92 Å². The van der Waals surface area contributed by atoms with Crippen molar-refractivity contribution in [3.63, 3.8) is 0 Å². The molecule has 0 fully saturated rings. The van der Waals surface area contributed by atoms with Gasteiger partial charge in [0.25, 0.3) is 0 Å². The van der Waals surface area contributed by atoms with Crippen LogP contribution in [0.4, 0.5) is 0 Å². The molecule has 0 aliphatic heterocycles. The van der Waals surface area contributed by atoms with Crippen molar-refractivity contribution in [1.82, 2.24) is 14.7 Å². The lowest BCUT2D eigenvalue weighted by molar-refractivity contribution is -0.0348. The Labute approximate surface area is 123 Å². The Morgan fingerprint density at radius 1 is 1.25 bits per heavy atom. The lowest BCUT2D eigenvalue weighted by atomic mass is 9.82.